The van der Waals surface area contributed by atoms with Gasteiger partial charge < -0.3 is 4.74 Å². The molecule has 2 nitrogen and oxygen atoms in total. The number of hydrogen-bond acceptors (Lipinski definition) is 2. The van der Waals surface area contributed by atoms with Crippen LogP contribution in [0.25, 0.3) is 0 Å². The van der Waals surface area contributed by atoms with Crippen molar-refractivity contribution in [1.29, 1.82) is 0 Å². The van der Waals surface area contributed by atoms with Crippen LogP contribution in [0.1, 0.15) is 33.6 Å². The Bertz CT molecular complexity index is 111. The molecule has 2 unspecified atom stereocenters. The zero-order valence-corrected chi connectivity index (χ0v) is 8.55. The molecule has 0 N–H and O–H groups in total. The van der Waals surface area contributed by atoms with E-state index >= 15 is 0 Å². The van der Waals surface area contributed by atoms with Gasteiger partial charge in [0.05, 0.1) is 13.2 Å². The van der Waals surface area contributed by atoms with Crippen LogP contribution in [0.3, 0.4) is 0 Å². The second kappa shape index (κ2) is 4.83. The molecule has 72 valence electrons. The lowest BCUT2D eigenvalue weighted by Crippen LogP contribution is -2.45. The first kappa shape index (κ1) is 10.0. The molecule has 12 heavy (non-hydrogen) atoms. The van der Waals surface area contributed by atoms with Crippen LogP contribution < -0.4 is 0 Å². The summed E-state index contributed by atoms with van der Waals surface area (Å²) in [4.78, 5) is 2.59. The SMILES string of the molecule is CC.CCN1C2CCC1COC2. The van der Waals surface area contributed by atoms with Gasteiger partial charge in [-0.3, -0.25) is 4.90 Å². The van der Waals surface area contributed by atoms with E-state index in [-0.39, 0.29) is 0 Å². The van der Waals surface area contributed by atoms with Crippen LogP contribution in [0, 0.1) is 0 Å². The Balaban J connectivity index is 0.000000336. The topological polar surface area (TPSA) is 12.5 Å². The van der Waals surface area contributed by atoms with E-state index < -0.39 is 0 Å². The summed E-state index contributed by atoms with van der Waals surface area (Å²) in [6.07, 6.45) is 2.72. The Morgan fingerprint density at radius 3 is 2.00 bits per heavy atom. The highest BCUT2D eigenvalue weighted by Gasteiger charge is 2.35. The molecule has 0 aromatic rings. The lowest BCUT2D eigenvalue weighted by molar-refractivity contribution is -0.0116. The van der Waals surface area contributed by atoms with Crippen molar-refractivity contribution in [1.82, 2.24) is 4.90 Å². The Labute approximate surface area is 75.9 Å². The van der Waals surface area contributed by atoms with E-state index in [0.29, 0.717) is 0 Å². The Morgan fingerprint density at radius 2 is 1.67 bits per heavy atom. The summed E-state index contributed by atoms with van der Waals surface area (Å²) >= 11 is 0. The average molecular weight is 171 g/mol. The highest BCUT2D eigenvalue weighted by molar-refractivity contribution is 4.89. The zero-order valence-electron chi connectivity index (χ0n) is 8.55. The monoisotopic (exact) mass is 171 g/mol. The lowest BCUT2D eigenvalue weighted by Gasteiger charge is -2.33. The molecule has 0 aromatic heterocycles. The number of ether oxygens (including phenoxy) is 1. The molecule has 2 saturated heterocycles. The molecule has 2 fully saturated rings. The summed E-state index contributed by atoms with van der Waals surface area (Å²) < 4.78 is 5.45. The van der Waals surface area contributed by atoms with Crippen molar-refractivity contribution in [2.45, 2.75) is 45.7 Å². The molecule has 2 aliphatic rings. The van der Waals surface area contributed by atoms with Gasteiger partial charge in [-0.15, -0.1) is 0 Å². The summed E-state index contributed by atoms with van der Waals surface area (Å²) in [5, 5.41) is 0. The van der Waals surface area contributed by atoms with Gasteiger partial charge in [0.25, 0.3) is 0 Å². The summed E-state index contributed by atoms with van der Waals surface area (Å²) in [5.74, 6) is 0. The quantitative estimate of drug-likeness (QED) is 0.597. The largest absolute Gasteiger partial charge is 0.378 e. The molecule has 2 rings (SSSR count). The fourth-order valence-corrected chi connectivity index (χ4v) is 2.23. The average Bonchev–Trinajstić information content (AvgIpc) is 2.37. The normalized spacial score (nSPS) is 34.2. The van der Waals surface area contributed by atoms with Crippen LogP contribution in [0.2, 0.25) is 0 Å². The molecule has 0 aromatic carbocycles. The van der Waals surface area contributed by atoms with Crippen LogP contribution in [0.5, 0.6) is 0 Å². The van der Waals surface area contributed by atoms with Crippen molar-refractivity contribution in [2.75, 3.05) is 19.8 Å². The first-order valence-corrected chi connectivity index (χ1v) is 5.25. The van der Waals surface area contributed by atoms with E-state index in [0.717, 1.165) is 25.3 Å². The van der Waals surface area contributed by atoms with Crippen molar-refractivity contribution in [3.05, 3.63) is 0 Å². The molecule has 0 spiro atoms. The maximum absolute atomic E-state index is 5.45. The molecule has 0 aliphatic carbocycles. The fraction of sp³-hybridized carbons (Fsp3) is 1.00. The molecule has 0 radical (unpaired) electrons. The minimum Gasteiger partial charge on any atom is -0.378 e. The van der Waals surface area contributed by atoms with E-state index in [1.165, 1.54) is 19.4 Å². The Morgan fingerprint density at radius 1 is 1.17 bits per heavy atom. The molecular weight excluding hydrogens is 150 g/mol. The third-order valence-electron chi connectivity index (χ3n) is 2.76. The first-order chi connectivity index (χ1) is 5.92. The summed E-state index contributed by atoms with van der Waals surface area (Å²) in [6, 6.07) is 1.51. The number of hydrogen-bond donors (Lipinski definition) is 0. The van der Waals surface area contributed by atoms with Gasteiger partial charge >= 0.3 is 0 Å². The van der Waals surface area contributed by atoms with Gasteiger partial charge in [0.15, 0.2) is 0 Å². The van der Waals surface area contributed by atoms with E-state index in [1.807, 2.05) is 13.8 Å². The second-order valence-corrected chi connectivity index (χ2v) is 3.25. The van der Waals surface area contributed by atoms with Crippen LogP contribution in [0.15, 0.2) is 0 Å². The predicted molar refractivity (Wildman–Crippen MR) is 51.4 cm³/mol. The molecule has 2 atom stereocenters. The smallest absolute Gasteiger partial charge is 0.0622 e. The maximum atomic E-state index is 5.45. The van der Waals surface area contributed by atoms with Gasteiger partial charge in [-0.25, -0.2) is 0 Å². The van der Waals surface area contributed by atoms with E-state index in [9.17, 15) is 0 Å². The Kier molecular flexibility index (Phi) is 4.02. The highest BCUT2D eigenvalue weighted by atomic mass is 16.5. The molecule has 2 bridgehead atoms. The predicted octanol–water partition coefficient (Wildman–Crippen LogP) is 1.90. The Hall–Kier alpha value is -0.0800. The van der Waals surface area contributed by atoms with Crippen molar-refractivity contribution < 1.29 is 4.74 Å². The van der Waals surface area contributed by atoms with Gasteiger partial charge in [0.2, 0.25) is 0 Å². The third kappa shape index (κ3) is 1.80. The van der Waals surface area contributed by atoms with Gasteiger partial charge in [0, 0.05) is 12.1 Å². The van der Waals surface area contributed by atoms with Crippen molar-refractivity contribution in [2.24, 2.45) is 0 Å². The molecule has 2 aliphatic heterocycles. The van der Waals surface area contributed by atoms with Crippen molar-refractivity contribution in [3.63, 3.8) is 0 Å². The maximum Gasteiger partial charge on any atom is 0.0622 e. The minimum atomic E-state index is 0.753. The van der Waals surface area contributed by atoms with Crippen LogP contribution in [-0.2, 0) is 4.74 Å². The van der Waals surface area contributed by atoms with Crippen LogP contribution in [-0.4, -0.2) is 36.7 Å². The summed E-state index contributed by atoms with van der Waals surface area (Å²) in [5.41, 5.74) is 0. The molecule has 2 heteroatoms. The summed E-state index contributed by atoms with van der Waals surface area (Å²) in [7, 11) is 0. The minimum absolute atomic E-state index is 0.753. The molecule has 0 amide bonds. The van der Waals surface area contributed by atoms with Gasteiger partial charge in [0.1, 0.15) is 0 Å². The molecular formula is C10H21NO. The van der Waals surface area contributed by atoms with Crippen molar-refractivity contribution >= 4 is 0 Å². The fourth-order valence-electron chi connectivity index (χ4n) is 2.23. The molecule has 0 saturated carbocycles. The number of likely N-dealkylation sites (N-methyl/N-ethyl adjacent to an activating group) is 1. The highest BCUT2D eigenvalue weighted by Crippen LogP contribution is 2.27. The standard InChI is InChI=1S/C8H15NO.C2H6/c1-2-9-7-3-4-8(9)6-10-5-7;1-2/h7-8H,2-6H2,1H3;1-2H3. The van der Waals surface area contributed by atoms with E-state index in [4.69, 9.17) is 4.74 Å². The lowest BCUT2D eigenvalue weighted by atomic mass is 10.2. The van der Waals surface area contributed by atoms with Gasteiger partial charge in [-0.05, 0) is 19.4 Å². The zero-order chi connectivity index (χ0) is 8.97. The second-order valence-electron chi connectivity index (χ2n) is 3.25. The van der Waals surface area contributed by atoms with Crippen LogP contribution in [0.4, 0.5) is 0 Å². The number of nitrogens with zero attached hydrogens (tertiary/aromatic N) is 1. The third-order valence-corrected chi connectivity index (χ3v) is 2.76. The molecule has 2 heterocycles. The first-order valence-electron chi connectivity index (χ1n) is 5.25. The number of rotatable bonds is 1. The van der Waals surface area contributed by atoms with E-state index in [2.05, 4.69) is 11.8 Å². The number of fused-ring (bicyclic) bond motifs is 2. The van der Waals surface area contributed by atoms with Gasteiger partial charge in [-0.2, -0.15) is 0 Å². The number of morpholine rings is 1. The van der Waals surface area contributed by atoms with Crippen molar-refractivity contribution in [3.8, 4) is 0 Å². The van der Waals surface area contributed by atoms with Gasteiger partial charge in [-0.1, -0.05) is 20.8 Å². The summed E-state index contributed by atoms with van der Waals surface area (Å²) in [6.45, 7) is 9.41. The van der Waals surface area contributed by atoms with E-state index in [1.54, 1.807) is 0 Å². The van der Waals surface area contributed by atoms with Crippen LogP contribution >= 0.6 is 0 Å².